The highest BCUT2D eigenvalue weighted by Crippen LogP contribution is 2.45. The molecule has 0 bridgehead atoms. The molecule has 1 heterocycles. The Morgan fingerprint density at radius 3 is 2.84 bits per heavy atom. The van der Waals surface area contributed by atoms with E-state index in [4.69, 9.17) is 9.72 Å². The average Bonchev–Trinajstić information content (AvgIpc) is 3.14. The third-order valence-electron chi connectivity index (χ3n) is 3.46. The Kier molecular flexibility index (Phi) is 3.74. The minimum atomic E-state index is 0.185. The quantitative estimate of drug-likeness (QED) is 0.784. The summed E-state index contributed by atoms with van der Waals surface area (Å²) in [5.74, 6) is 0.672. The van der Waals surface area contributed by atoms with Gasteiger partial charge in [-0.2, -0.15) is 0 Å². The van der Waals surface area contributed by atoms with Crippen LogP contribution in [0.2, 0.25) is 0 Å². The summed E-state index contributed by atoms with van der Waals surface area (Å²) in [6.07, 6.45) is 2.72. The molecule has 19 heavy (non-hydrogen) atoms. The molecule has 100 valence electrons. The van der Waals surface area contributed by atoms with Gasteiger partial charge in [-0.15, -0.1) is 11.3 Å². The number of hydrogen-bond donors (Lipinski definition) is 0. The van der Waals surface area contributed by atoms with Crippen LogP contribution in [0.3, 0.4) is 0 Å². The van der Waals surface area contributed by atoms with Crippen molar-refractivity contribution in [3.8, 4) is 11.3 Å². The first-order chi connectivity index (χ1) is 9.19. The molecule has 0 N–H and O–H groups in total. The van der Waals surface area contributed by atoms with Crippen LogP contribution in [0, 0.1) is 12.8 Å². The van der Waals surface area contributed by atoms with Gasteiger partial charge >= 0.3 is 0 Å². The summed E-state index contributed by atoms with van der Waals surface area (Å²) in [4.78, 5) is 6.09. The van der Waals surface area contributed by atoms with Gasteiger partial charge in [-0.3, -0.25) is 0 Å². The minimum absolute atomic E-state index is 0.185. The summed E-state index contributed by atoms with van der Waals surface area (Å²) in [5.41, 5.74) is 2.25. The van der Waals surface area contributed by atoms with Crippen LogP contribution in [0.5, 0.6) is 0 Å². The van der Waals surface area contributed by atoms with Gasteiger partial charge in [0.1, 0.15) is 11.1 Å². The highest BCUT2D eigenvalue weighted by molar-refractivity contribution is 9.10. The van der Waals surface area contributed by atoms with Gasteiger partial charge in [-0.05, 0) is 37.8 Å². The maximum absolute atomic E-state index is 5.63. The molecule has 1 aromatic carbocycles. The summed E-state index contributed by atoms with van der Waals surface area (Å²) in [5, 5.41) is 1.12. The number of methoxy groups -OCH3 is 1. The van der Waals surface area contributed by atoms with Crippen molar-refractivity contribution in [3.63, 3.8) is 0 Å². The summed E-state index contributed by atoms with van der Waals surface area (Å²) in [6.45, 7) is 2.14. The fraction of sp³-hybridized carbons (Fsp3) is 0.400. The van der Waals surface area contributed by atoms with Gasteiger partial charge in [0.15, 0.2) is 0 Å². The zero-order valence-electron chi connectivity index (χ0n) is 11.0. The second-order valence-electron chi connectivity index (χ2n) is 4.96. The predicted molar refractivity (Wildman–Crippen MR) is 82.5 cm³/mol. The number of aromatic nitrogens is 1. The van der Waals surface area contributed by atoms with Crippen LogP contribution in [0.4, 0.5) is 0 Å². The fourth-order valence-electron chi connectivity index (χ4n) is 2.34. The van der Waals surface area contributed by atoms with Gasteiger partial charge in [0.2, 0.25) is 0 Å². The molecule has 1 unspecified atom stereocenters. The number of benzene rings is 1. The summed E-state index contributed by atoms with van der Waals surface area (Å²) < 4.78 is 6.71. The SMILES string of the molecule is COC(c1nc(-c2cccc(Br)c2)c(C)s1)C1CC1. The van der Waals surface area contributed by atoms with Crippen LogP contribution in [-0.2, 0) is 4.74 Å². The number of nitrogens with zero attached hydrogens (tertiary/aromatic N) is 1. The molecule has 0 aliphatic heterocycles. The van der Waals surface area contributed by atoms with E-state index in [0.717, 1.165) is 15.2 Å². The van der Waals surface area contributed by atoms with Crippen LogP contribution < -0.4 is 0 Å². The third-order valence-corrected chi connectivity index (χ3v) is 4.98. The zero-order chi connectivity index (χ0) is 13.4. The van der Waals surface area contributed by atoms with Crippen molar-refractivity contribution in [1.29, 1.82) is 0 Å². The molecule has 1 fully saturated rings. The molecule has 0 spiro atoms. The monoisotopic (exact) mass is 337 g/mol. The Bertz CT molecular complexity index is 592. The van der Waals surface area contributed by atoms with Crippen LogP contribution in [0.15, 0.2) is 28.7 Å². The van der Waals surface area contributed by atoms with Crippen LogP contribution in [-0.4, -0.2) is 12.1 Å². The summed E-state index contributed by atoms with van der Waals surface area (Å²) in [7, 11) is 1.79. The molecule has 4 heteroatoms. The standard InChI is InChI=1S/C15H16BrNOS/c1-9-13(11-4-3-5-12(16)8-11)17-15(19-9)14(18-2)10-6-7-10/h3-5,8,10,14H,6-7H2,1-2H3. The number of halogens is 1. The zero-order valence-corrected chi connectivity index (χ0v) is 13.4. The van der Waals surface area contributed by atoms with E-state index in [9.17, 15) is 0 Å². The molecule has 0 radical (unpaired) electrons. The van der Waals surface area contributed by atoms with E-state index < -0.39 is 0 Å². The van der Waals surface area contributed by atoms with Crippen molar-refractivity contribution >= 4 is 27.3 Å². The maximum Gasteiger partial charge on any atom is 0.123 e. The lowest BCUT2D eigenvalue weighted by molar-refractivity contribution is 0.0844. The Balaban J connectivity index is 1.97. The van der Waals surface area contributed by atoms with E-state index in [1.165, 1.54) is 23.3 Å². The molecule has 2 aromatic rings. The molecule has 1 saturated carbocycles. The fourth-order valence-corrected chi connectivity index (χ4v) is 3.85. The van der Waals surface area contributed by atoms with E-state index in [-0.39, 0.29) is 6.10 Å². The first-order valence-electron chi connectivity index (χ1n) is 6.45. The molecule has 1 aliphatic carbocycles. The summed E-state index contributed by atoms with van der Waals surface area (Å²) >= 11 is 5.28. The topological polar surface area (TPSA) is 22.1 Å². The largest absolute Gasteiger partial charge is 0.374 e. The number of ether oxygens (including phenoxy) is 1. The second-order valence-corrected chi connectivity index (χ2v) is 7.11. The van der Waals surface area contributed by atoms with Gasteiger partial charge in [0.05, 0.1) is 5.69 Å². The van der Waals surface area contributed by atoms with Crippen molar-refractivity contribution in [2.24, 2.45) is 5.92 Å². The third kappa shape index (κ3) is 2.76. The molecule has 0 amide bonds. The van der Waals surface area contributed by atoms with E-state index in [1.807, 2.05) is 12.1 Å². The second kappa shape index (κ2) is 5.35. The lowest BCUT2D eigenvalue weighted by atomic mass is 10.1. The van der Waals surface area contributed by atoms with Gasteiger partial charge in [-0.1, -0.05) is 28.1 Å². The molecule has 0 saturated heterocycles. The first-order valence-corrected chi connectivity index (χ1v) is 8.06. The Morgan fingerprint density at radius 2 is 2.21 bits per heavy atom. The van der Waals surface area contributed by atoms with Crippen molar-refractivity contribution < 1.29 is 4.74 Å². The average molecular weight is 338 g/mol. The molecule has 3 rings (SSSR count). The van der Waals surface area contributed by atoms with Gasteiger partial charge in [0, 0.05) is 22.0 Å². The van der Waals surface area contributed by atoms with Crippen LogP contribution in [0.1, 0.15) is 28.8 Å². The number of rotatable bonds is 4. The minimum Gasteiger partial charge on any atom is -0.374 e. The number of thiazole rings is 1. The highest BCUT2D eigenvalue weighted by Gasteiger charge is 2.34. The van der Waals surface area contributed by atoms with Gasteiger partial charge in [0.25, 0.3) is 0 Å². The number of hydrogen-bond acceptors (Lipinski definition) is 3. The maximum atomic E-state index is 5.63. The van der Waals surface area contributed by atoms with Crippen molar-refractivity contribution in [3.05, 3.63) is 38.6 Å². The predicted octanol–water partition coefficient (Wildman–Crippen LogP) is 4.98. The molecule has 1 aromatic heterocycles. The molecule has 1 atom stereocenters. The highest BCUT2D eigenvalue weighted by atomic mass is 79.9. The summed E-state index contributed by atoms with van der Waals surface area (Å²) in [6, 6.07) is 8.31. The normalized spacial score (nSPS) is 16.6. The first kappa shape index (κ1) is 13.3. The Labute approximate surface area is 126 Å². The smallest absolute Gasteiger partial charge is 0.123 e. The molecular formula is C15H16BrNOS. The number of aryl methyl sites for hydroxylation is 1. The van der Waals surface area contributed by atoms with Gasteiger partial charge < -0.3 is 4.74 Å². The van der Waals surface area contributed by atoms with Crippen LogP contribution >= 0.6 is 27.3 Å². The lowest BCUT2D eigenvalue weighted by Crippen LogP contribution is -2.02. The van der Waals surface area contributed by atoms with Crippen LogP contribution in [0.25, 0.3) is 11.3 Å². The molecule has 2 nitrogen and oxygen atoms in total. The van der Waals surface area contributed by atoms with E-state index >= 15 is 0 Å². The molecule has 1 aliphatic rings. The van der Waals surface area contributed by atoms with E-state index in [2.05, 4.69) is 35.0 Å². The molecular weight excluding hydrogens is 322 g/mol. The van der Waals surface area contributed by atoms with Gasteiger partial charge in [-0.25, -0.2) is 4.98 Å². The Morgan fingerprint density at radius 1 is 1.42 bits per heavy atom. The lowest BCUT2D eigenvalue weighted by Gasteiger charge is -2.10. The van der Waals surface area contributed by atoms with Crippen molar-refractivity contribution in [2.45, 2.75) is 25.9 Å². The Hall–Kier alpha value is -0.710. The van der Waals surface area contributed by atoms with Crippen molar-refractivity contribution in [2.75, 3.05) is 7.11 Å². The van der Waals surface area contributed by atoms with E-state index in [0.29, 0.717) is 5.92 Å². The van der Waals surface area contributed by atoms with E-state index in [1.54, 1.807) is 18.4 Å². The van der Waals surface area contributed by atoms with Crippen molar-refractivity contribution in [1.82, 2.24) is 4.98 Å².